The number of rotatable bonds is 2. The summed E-state index contributed by atoms with van der Waals surface area (Å²) in [7, 11) is 1.69. The molecule has 0 radical (unpaired) electrons. The van der Waals surface area contributed by atoms with E-state index in [0.717, 1.165) is 12.8 Å². The molecule has 1 heterocycles. The van der Waals surface area contributed by atoms with E-state index < -0.39 is 11.2 Å². The van der Waals surface area contributed by atoms with Gasteiger partial charge in [0.25, 0.3) is 0 Å². The Morgan fingerprint density at radius 3 is 3.00 bits per heavy atom. The van der Waals surface area contributed by atoms with Gasteiger partial charge < -0.3 is 14.2 Å². The number of hydrogen-bond acceptors (Lipinski definition) is 4. The van der Waals surface area contributed by atoms with Gasteiger partial charge in [-0.3, -0.25) is 4.79 Å². The van der Waals surface area contributed by atoms with E-state index in [4.69, 9.17) is 14.2 Å². The van der Waals surface area contributed by atoms with E-state index in [9.17, 15) is 4.79 Å². The van der Waals surface area contributed by atoms with Crippen molar-refractivity contribution in [1.82, 2.24) is 0 Å². The predicted molar refractivity (Wildman–Crippen MR) is 81.1 cm³/mol. The summed E-state index contributed by atoms with van der Waals surface area (Å²) in [6.07, 6.45) is 9.99. The average Bonchev–Trinajstić information content (AvgIpc) is 2.47. The van der Waals surface area contributed by atoms with Crippen molar-refractivity contribution in [1.29, 1.82) is 0 Å². The molecule has 0 aromatic heterocycles. The molecule has 4 heteroatoms. The molecule has 5 rings (SSSR count). The van der Waals surface area contributed by atoms with Gasteiger partial charge in [-0.15, -0.1) is 0 Å². The third-order valence-corrected chi connectivity index (χ3v) is 6.18. The smallest absolute Gasteiger partial charge is 0.164 e. The molecule has 0 amide bonds. The van der Waals surface area contributed by atoms with Gasteiger partial charge in [0.1, 0.15) is 0 Å². The summed E-state index contributed by atoms with van der Waals surface area (Å²) in [6, 6.07) is 0. The van der Waals surface area contributed by atoms with E-state index in [1.165, 1.54) is 0 Å². The number of carbonyl (C=O) groups excluding carboxylic acids is 1. The highest BCUT2D eigenvalue weighted by Gasteiger charge is 2.68. The third kappa shape index (κ3) is 1.66. The second kappa shape index (κ2) is 4.53. The lowest BCUT2D eigenvalue weighted by Gasteiger charge is -2.65. The number of ketones is 1. The number of allylic oxidation sites excluding steroid dienone is 3. The van der Waals surface area contributed by atoms with Crippen LogP contribution in [0.25, 0.3) is 0 Å². The minimum Gasteiger partial charge on any atom is -0.384 e. The van der Waals surface area contributed by atoms with Gasteiger partial charge in [-0.2, -0.15) is 0 Å². The lowest BCUT2D eigenvalue weighted by atomic mass is 9.43. The fourth-order valence-electron chi connectivity index (χ4n) is 5.16. The molecule has 5 aliphatic rings. The van der Waals surface area contributed by atoms with Crippen LogP contribution in [0.1, 0.15) is 26.7 Å². The molecule has 0 aromatic carbocycles. The Labute approximate surface area is 131 Å². The van der Waals surface area contributed by atoms with E-state index in [2.05, 4.69) is 12.2 Å². The second-order valence-corrected chi connectivity index (χ2v) is 7.67. The summed E-state index contributed by atoms with van der Waals surface area (Å²) in [5.41, 5.74) is -0.778. The zero-order valence-corrected chi connectivity index (χ0v) is 13.5. The number of hydrogen-bond donors (Lipinski definition) is 0. The number of carbonyl (C=O) groups is 1. The highest BCUT2D eigenvalue weighted by molar-refractivity contribution is 5.97. The Kier molecular flexibility index (Phi) is 3.01. The highest BCUT2D eigenvalue weighted by atomic mass is 16.7. The molecule has 0 N–H and O–H groups in total. The molecule has 5 atom stereocenters. The Bertz CT molecular complexity index is 563. The normalized spacial score (nSPS) is 48.1. The monoisotopic (exact) mass is 304 g/mol. The van der Waals surface area contributed by atoms with Crippen LogP contribution in [-0.4, -0.2) is 38.0 Å². The molecule has 4 aliphatic carbocycles. The predicted octanol–water partition coefficient (Wildman–Crippen LogP) is 2.49. The quantitative estimate of drug-likeness (QED) is 0.735. The van der Waals surface area contributed by atoms with Crippen LogP contribution in [0.2, 0.25) is 0 Å². The first kappa shape index (κ1) is 14.6. The molecule has 0 unspecified atom stereocenters. The molecular formula is C18H24O4. The van der Waals surface area contributed by atoms with Crippen molar-refractivity contribution in [2.24, 2.45) is 22.7 Å². The van der Waals surface area contributed by atoms with Crippen molar-refractivity contribution in [3.8, 4) is 0 Å². The van der Waals surface area contributed by atoms with Crippen LogP contribution < -0.4 is 0 Å². The van der Waals surface area contributed by atoms with Gasteiger partial charge in [-0.1, -0.05) is 18.2 Å². The molecule has 4 nitrogen and oxygen atoms in total. The van der Waals surface area contributed by atoms with E-state index >= 15 is 0 Å². The molecule has 2 fully saturated rings. The Morgan fingerprint density at radius 2 is 2.23 bits per heavy atom. The van der Waals surface area contributed by atoms with Crippen molar-refractivity contribution in [2.45, 2.75) is 38.6 Å². The fourth-order valence-corrected chi connectivity index (χ4v) is 5.16. The van der Waals surface area contributed by atoms with Crippen LogP contribution in [-0.2, 0) is 19.0 Å². The molecule has 2 bridgehead atoms. The van der Waals surface area contributed by atoms with Gasteiger partial charge in [0.05, 0.1) is 24.7 Å². The standard InChI is InChI=1S/C18H24O4/c1-16(2)21-10-13-12-6-8-17(15(13)22-16)7-4-5-14(19)18(17,9-12)11-20-3/h4-6,8,12-13,15H,7,9-11H2,1-3H3/t12-,13+,15+,17-,18+/m1/s1. The van der Waals surface area contributed by atoms with Gasteiger partial charge in [0, 0.05) is 18.4 Å². The first-order valence-corrected chi connectivity index (χ1v) is 8.15. The largest absolute Gasteiger partial charge is 0.384 e. The maximum Gasteiger partial charge on any atom is 0.164 e. The molecule has 1 aliphatic heterocycles. The van der Waals surface area contributed by atoms with Gasteiger partial charge in [0.2, 0.25) is 0 Å². The van der Waals surface area contributed by atoms with Crippen LogP contribution in [0, 0.1) is 22.7 Å². The van der Waals surface area contributed by atoms with Crippen molar-refractivity contribution in [3.63, 3.8) is 0 Å². The molecule has 22 heavy (non-hydrogen) atoms. The van der Waals surface area contributed by atoms with Crippen molar-refractivity contribution < 1.29 is 19.0 Å². The van der Waals surface area contributed by atoms with E-state index in [-0.39, 0.29) is 17.3 Å². The third-order valence-electron chi connectivity index (χ3n) is 6.18. The van der Waals surface area contributed by atoms with Crippen LogP contribution in [0.5, 0.6) is 0 Å². The summed E-state index contributed by atoms with van der Waals surface area (Å²) < 4.78 is 17.8. The average molecular weight is 304 g/mol. The zero-order valence-electron chi connectivity index (χ0n) is 13.5. The number of ether oxygens (including phenoxy) is 3. The zero-order chi connectivity index (χ0) is 15.6. The Morgan fingerprint density at radius 1 is 1.41 bits per heavy atom. The summed E-state index contributed by atoms with van der Waals surface area (Å²) in [5.74, 6) is 0.266. The molecule has 120 valence electrons. The van der Waals surface area contributed by atoms with Crippen molar-refractivity contribution in [3.05, 3.63) is 24.3 Å². The number of methoxy groups -OCH3 is 1. The van der Waals surface area contributed by atoms with Crippen LogP contribution in [0.15, 0.2) is 24.3 Å². The fraction of sp³-hybridized carbons (Fsp3) is 0.722. The topological polar surface area (TPSA) is 44.8 Å². The van der Waals surface area contributed by atoms with Gasteiger partial charge in [-0.05, 0) is 38.7 Å². The van der Waals surface area contributed by atoms with Gasteiger partial charge in [-0.25, -0.2) is 0 Å². The van der Waals surface area contributed by atoms with Crippen molar-refractivity contribution in [2.75, 3.05) is 20.3 Å². The molecular weight excluding hydrogens is 280 g/mol. The highest BCUT2D eigenvalue weighted by Crippen LogP contribution is 2.65. The summed E-state index contributed by atoms with van der Waals surface area (Å²) in [5, 5.41) is 0. The van der Waals surface area contributed by atoms with E-state index in [1.54, 1.807) is 13.2 Å². The first-order chi connectivity index (χ1) is 10.4. The maximum absolute atomic E-state index is 12.9. The maximum atomic E-state index is 12.9. The Balaban J connectivity index is 1.85. The van der Waals surface area contributed by atoms with Gasteiger partial charge >= 0.3 is 0 Å². The van der Waals surface area contributed by atoms with E-state index in [0.29, 0.717) is 25.0 Å². The minimum absolute atomic E-state index is 0.0176. The lowest BCUT2D eigenvalue weighted by molar-refractivity contribution is -0.339. The molecule has 1 saturated carbocycles. The molecule has 1 spiro atoms. The second-order valence-electron chi connectivity index (χ2n) is 7.67. The van der Waals surface area contributed by atoms with Crippen LogP contribution in [0.4, 0.5) is 0 Å². The molecule has 0 aromatic rings. The van der Waals surface area contributed by atoms with E-state index in [1.807, 2.05) is 19.9 Å². The SMILES string of the molecule is COC[C@]12C[C@H]3C=C[C@]1(CC=CC2=O)[C@H]1OC(C)(C)OC[C@@H]31. The Hall–Kier alpha value is -0.970. The first-order valence-electron chi connectivity index (χ1n) is 8.15. The summed E-state index contributed by atoms with van der Waals surface area (Å²) in [4.78, 5) is 12.9. The lowest BCUT2D eigenvalue weighted by Crippen LogP contribution is -2.69. The summed E-state index contributed by atoms with van der Waals surface area (Å²) >= 11 is 0. The molecule has 1 saturated heterocycles. The minimum atomic E-state index is -0.593. The summed E-state index contributed by atoms with van der Waals surface area (Å²) in [6.45, 7) is 5.09. The van der Waals surface area contributed by atoms with Crippen LogP contribution in [0.3, 0.4) is 0 Å². The van der Waals surface area contributed by atoms with Crippen LogP contribution >= 0.6 is 0 Å². The van der Waals surface area contributed by atoms with Crippen molar-refractivity contribution >= 4 is 5.78 Å². The van der Waals surface area contributed by atoms with Gasteiger partial charge in [0.15, 0.2) is 11.6 Å².